The van der Waals surface area contributed by atoms with Gasteiger partial charge in [0.2, 0.25) is 0 Å². The highest BCUT2D eigenvalue weighted by Gasteiger charge is 2.31. The summed E-state index contributed by atoms with van der Waals surface area (Å²) >= 11 is 2.06. The lowest BCUT2D eigenvalue weighted by Gasteiger charge is -2.37. The van der Waals surface area contributed by atoms with E-state index >= 15 is 0 Å². The maximum Gasteiger partial charge on any atom is 0.00211 e. The van der Waals surface area contributed by atoms with Gasteiger partial charge in [0, 0.05) is 18.1 Å². The van der Waals surface area contributed by atoms with Gasteiger partial charge in [0.15, 0.2) is 0 Å². The maximum atomic E-state index is 3.63. The molecule has 0 amide bonds. The largest absolute Gasteiger partial charge is 0.316 e. The Morgan fingerprint density at radius 3 is 2.68 bits per heavy atom. The molecule has 1 nitrogen and oxygen atoms in total. The van der Waals surface area contributed by atoms with Crippen molar-refractivity contribution >= 4 is 22.5 Å². The minimum absolute atomic E-state index is 0.545. The highest BCUT2D eigenvalue weighted by molar-refractivity contribution is 8.00. The summed E-state index contributed by atoms with van der Waals surface area (Å²) in [6, 6.07) is 15.3. The van der Waals surface area contributed by atoms with Gasteiger partial charge < -0.3 is 5.32 Å². The molecule has 19 heavy (non-hydrogen) atoms. The molecule has 2 aromatic carbocycles. The number of benzene rings is 2. The fourth-order valence-electron chi connectivity index (χ4n) is 2.68. The van der Waals surface area contributed by atoms with Crippen molar-refractivity contribution in [2.45, 2.75) is 13.3 Å². The molecule has 0 unspecified atom stereocenters. The quantitative estimate of drug-likeness (QED) is 0.832. The van der Waals surface area contributed by atoms with Crippen molar-refractivity contribution in [2.75, 3.05) is 24.6 Å². The third kappa shape index (κ3) is 2.96. The van der Waals surface area contributed by atoms with E-state index < -0.39 is 0 Å². The lowest BCUT2D eigenvalue weighted by Crippen LogP contribution is -2.42. The Bertz CT molecular complexity index is 555. The zero-order valence-electron chi connectivity index (χ0n) is 11.5. The molecule has 0 radical (unpaired) electrons. The second-order valence-corrected chi connectivity index (χ2v) is 6.85. The van der Waals surface area contributed by atoms with Crippen LogP contribution < -0.4 is 5.32 Å². The molecule has 1 aliphatic heterocycles. The SMILES string of the molecule is CC1(CNCCc2cccc3ccccc23)CSC1. The molecule has 2 aromatic rings. The number of rotatable bonds is 5. The summed E-state index contributed by atoms with van der Waals surface area (Å²) in [5.41, 5.74) is 2.00. The van der Waals surface area contributed by atoms with Gasteiger partial charge in [-0.05, 0) is 34.7 Å². The molecule has 1 saturated heterocycles. The zero-order valence-corrected chi connectivity index (χ0v) is 12.3. The van der Waals surface area contributed by atoms with Crippen molar-refractivity contribution < 1.29 is 0 Å². The van der Waals surface area contributed by atoms with E-state index in [4.69, 9.17) is 0 Å². The topological polar surface area (TPSA) is 12.0 Å². The summed E-state index contributed by atoms with van der Waals surface area (Å²) in [4.78, 5) is 0. The van der Waals surface area contributed by atoms with Crippen LogP contribution in [0.15, 0.2) is 42.5 Å². The molecule has 1 aliphatic rings. The minimum atomic E-state index is 0.545. The normalized spacial score (nSPS) is 17.3. The summed E-state index contributed by atoms with van der Waals surface area (Å²) in [6.07, 6.45) is 1.12. The Kier molecular flexibility index (Phi) is 3.81. The number of thioether (sulfide) groups is 1. The first-order valence-corrected chi connectivity index (χ1v) is 8.17. The molecule has 100 valence electrons. The highest BCUT2D eigenvalue weighted by atomic mass is 32.2. The molecular formula is C17H21NS. The maximum absolute atomic E-state index is 3.63. The van der Waals surface area contributed by atoms with Crippen LogP contribution >= 0.6 is 11.8 Å². The molecule has 1 fully saturated rings. The molecule has 0 aliphatic carbocycles. The Hall–Kier alpha value is -0.990. The Morgan fingerprint density at radius 2 is 1.89 bits per heavy atom. The van der Waals surface area contributed by atoms with Crippen LogP contribution in [0.3, 0.4) is 0 Å². The fraction of sp³-hybridized carbons (Fsp3) is 0.412. The van der Waals surface area contributed by atoms with Crippen LogP contribution in [0.25, 0.3) is 10.8 Å². The van der Waals surface area contributed by atoms with Crippen molar-refractivity contribution in [1.82, 2.24) is 5.32 Å². The van der Waals surface area contributed by atoms with Crippen LogP contribution in [-0.2, 0) is 6.42 Å². The molecular weight excluding hydrogens is 250 g/mol. The standard InChI is InChI=1S/C17H21NS/c1-17(12-19-13-17)11-18-10-9-15-7-4-6-14-5-2-3-8-16(14)15/h2-8,18H,9-13H2,1H3. The van der Waals surface area contributed by atoms with E-state index in [0.29, 0.717) is 5.41 Å². The monoisotopic (exact) mass is 271 g/mol. The second-order valence-electron chi connectivity index (χ2n) is 5.87. The van der Waals surface area contributed by atoms with E-state index in [1.807, 2.05) is 0 Å². The van der Waals surface area contributed by atoms with Gasteiger partial charge in [0.1, 0.15) is 0 Å². The van der Waals surface area contributed by atoms with E-state index in [1.54, 1.807) is 0 Å². The van der Waals surface area contributed by atoms with Crippen molar-refractivity contribution in [3.8, 4) is 0 Å². The molecule has 0 atom stereocenters. The minimum Gasteiger partial charge on any atom is -0.316 e. The van der Waals surface area contributed by atoms with Crippen LogP contribution in [0.4, 0.5) is 0 Å². The average molecular weight is 271 g/mol. The number of hydrogen-bond acceptors (Lipinski definition) is 2. The van der Waals surface area contributed by atoms with Gasteiger partial charge in [-0.25, -0.2) is 0 Å². The van der Waals surface area contributed by atoms with Crippen molar-refractivity contribution in [1.29, 1.82) is 0 Å². The summed E-state index contributed by atoms with van der Waals surface area (Å²) < 4.78 is 0. The molecule has 0 aromatic heterocycles. The molecule has 0 bridgehead atoms. The van der Waals surface area contributed by atoms with Crippen LogP contribution in [0.2, 0.25) is 0 Å². The number of hydrogen-bond donors (Lipinski definition) is 1. The van der Waals surface area contributed by atoms with Crippen molar-refractivity contribution in [3.63, 3.8) is 0 Å². The van der Waals surface area contributed by atoms with E-state index in [-0.39, 0.29) is 0 Å². The van der Waals surface area contributed by atoms with Gasteiger partial charge in [0.05, 0.1) is 0 Å². The number of nitrogens with one attached hydrogen (secondary N) is 1. The van der Waals surface area contributed by atoms with Crippen molar-refractivity contribution in [3.05, 3.63) is 48.0 Å². The fourth-order valence-corrected chi connectivity index (χ4v) is 3.78. The van der Waals surface area contributed by atoms with Crippen LogP contribution in [-0.4, -0.2) is 24.6 Å². The lowest BCUT2D eigenvalue weighted by molar-refractivity contribution is 0.377. The summed E-state index contributed by atoms with van der Waals surface area (Å²) in [6.45, 7) is 4.62. The Morgan fingerprint density at radius 1 is 1.11 bits per heavy atom. The third-order valence-electron chi connectivity index (χ3n) is 3.90. The summed E-state index contributed by atoms with van der Waals surface area (Å²) in [5.74, 6) is 2.63. The molecule has 1 heterocycles. The lowest BCUT2D eigenvalue weighted by atomic mass is 9.95. The van der Waals surface area contributed by atoms with Gasteiger partial charge in [0.25, 0.3) is 0 Å². The van der Waals surface area contributed by atoms with Gasteiger partial charge in [-0.3, -0.25) is 0 Å². The average Bonchev–Trinajstić information content (AvgIpc) is 2.42. The first-order chi connectivity index (χ1) is 9.27. The zero-order chi connectivity index (χ0) is 13.1. The van der Waals surface area contributed by atoms with E-state index in [1.165, 1.54) is 27.8 Å². The smallest absolute Gasteiger partial charge is 0.00211 e. The van der Waals surface area contributed by atoms with Crippen LogP contribution in [0.5, 0.6) is 0 Å². The van der Waals surface area contributed by atoms with Crippen molar-refractivity contribution in [2.24, 2.45) is 5.41 Å². The van der Waals surface area contributed by atoms with E-state index in [2.05, 4.69) is 66.5 Å². The molecule has 0 saturated carbocycles. The van der Waals surface area contributed by atoms with Gasteiger partial charge in [-0.15, -0.1) is 0 Å². The molecule has 0 spiro atoms. The third-order valence-corrected chi connectivity index (χ3v) is 5.71. The van der Waals surface area contributed by atoms with Gasteiger partial charge in [-0.2, -0.15) is 11.8 Å². The van der Waals surface area contributed by atoms with Crippen LogP contribution in [0, 0.1) is 5.41 Å². The van der Waals surface area contributed by atoms with E-state index in [9.17, 15) is 0 Å². The molecule has 3 rings (SSSR count). The Balaban J connectivity index is 1.59. The summed E-state index contributed by atoms with van der Waals surface area (Å²) in [7, 11) is 0. The number of fused-ring (bicyclic) bond motifs is 1. The molecule has 2 heteroatoms. The predicted octanol–water partition coefficient (Wildman–Crippen LogP) is 3.73. The van der Waals surface area contributed by atoms with Crippen LogP contribution in [0.1, 0.15) is 12.5 Å². The second kappa shape index (κ2) is 5.56. The summed E-state index contributed by atoms with van der Waals surface area (Å²) in [5, 5.41) is 6.38. The van der Waals surface area contributed by atoms with Gasteiger partial charge >= 0.3 is 0 Å². The van der Waals surface area contributed by atoms with Gasteiger partial charge in [-0.1, -0.05) is 49.4 Å². The highest BCUT2D eigenvalue weighted by Crippen LogP contribution is 2.36. The Labute approximate surface area is 119 Å². The predicted molar refractivity (Wildman–Crippen MR) is 86.0 cm³/mol. The first kappa shape index (κ1) is 13.0. The van der Waals surface area contributed by atoms with E-state index in [0.717, 1.165) is 19.5 Å². The molecule has 1 N–H and O–H groups in total. The first-order valence-electron chi connectivity index (χ1n) is 7.02.